The number of hydrogen-bond donors (Lipinski definition) is 4. The minimum atomic E-state index is -0.771. The van der Waals surface area contributed by atoms with E-state index in [1.165, 1.54) is 17.3 Å². The van der Waals surface area contributed by atoms with Crippen molar-refractivity contribution in [3.63, 3.8) is 0 Å². The predicted molar refractivity (Wildman–Crippen MR) is 51.9 cm³/mol. The number of carbonyl (C=O) groups is 1. The van der Waals surface area contributed by atoms with Crippen LogP contribution in [0.5, 0.6) is 0 Å². The molecule has 0 bridgehead atoms. The number of aliphatic hydroxyl groups is 2. The molecule has 0 aromatic rings. The molecule has 0 aliphatic carbocycles. The fourth-order valence-corrected chi connectivity index (χ4v) is 1.69. The number of aliphatic hydroxyl groups excluding tert-OH is 2. The van der Waals surface area contributed by atoms with Crippen LogP contribution < -0.4 is 11.3 Å². The van der Waals surface area contributed by atoms with Gasteiger partial charge in [0, 0.05) is 12.6 Å². The molecule has 2 heterocycles. The molecule has 8 nitrogen and oxygen atoms in total. The van der Waals surface area contributed by atoms with Crippen LogP contribution in [0.3, 0.4) is 0 Å². The van der Waals surface area contributed by atoms with E-state index < -0.39 is 24.5 Å². The lowest BCUT2D eigenvalue weighted by molar-refractivity contribution is -0.0564. The van der Waals surface area contributed by atoms with Crippen LogP contribution in [0, 0.1) is 0 Å². The van der Waals surface area contributed by atoms with Crippen LogP contribution in [0.2, 0.25) is 0 Å². The normalized spacial score (nSPS) is 34.4. The van der Waals surface area contributed by atoms with Crippen molar-refractivity contribution in [3.05, 3.63) is 12.4 Å². The van der Waals surface area contributed by atoms with E-state index in [0.29, 0.717) is 0 Å². The Morgan fingerprint density at radius 3 is 2.94 bits per heavy atom. The van der Waals surface area contributed by atoms with Gasteiger partial charge in [0.2, 0.25) is 0 Å². The van der Waals surface area contributed by atoms with Crippen LogP contribution >= 0.6 is 0 Å². The van der Waals surface area contributed by atoms with E-state index >= 15 is 0 Å². The van der Waals surface area contributed by atoms with Crippen molar-refractivity contribution in [1.82, 2.24) is 15.4 Å². The summed E-state index contributed by atoms with van der Waals surface area (Å²) in [6, 6.07) is -0.444. The Balaban J connectivity index is 2.04. The first-order chi connectivity index (χ1) is 7.61. The summed E-state index contributed by atoms with van der Waals surface area (Å²) in [7, 11) is 0. The molecule has 0 saturated carbocycles. The smallest absolute Gasteiger partial charge is 0.343 e. The number of hydrogen-bond acceptors (Lipinski definition) is 6. The highest BCUT2D eigenvalue weighted by Crippen LogP contribution is 2.24. The predicted octanol–water partition coefficient (Wildman–Crippen LogP) is -1.96. The van der Waals surface area contributed by atoms with Gasteiger partial charge in [0.05, 0.1) is 18.9 Å². The summed E-state index contributed by atoms with van der Waals surface area (Å²) in [5.74, 6) is 5.32. The third kappa shape index (κ3) is 1.95. The monoisotopic (exact) mass is 230 g/mol. The van der Waals surface area contributed by atoms with Crippen molar-refractivity contribution in [3.8, 4) is 0 Å². The Morgan fingerprint density at radius 2 is 2.38 bits per heavy atom. The number of rotatable bonds is 2. The number of nitrogens with zero attached hydrogens (tertiary/aromatic N) is 2. The van der Waals surface area contributed by atoms with E-state index in [9.17, 15) is 9.90 Å². The van der Waals surface area contributed by atoms with Crippen LogP contribution in [-0.2, 0) is 4.74 Å². The number of ether oxygens (including phenoxy) is 1. The molecule has 90 valence electrons. The van der Waals surface area contributed by atoms with Crippen molar-refractivity contribution in [2.75, 3.05) is 6.61 Å². The first-order valence-electron chi connectivity index (χ1n) is 4.87. The lowest BCUT2D eigenvalue weighted by atomic mass is 10.2. The molecular weight excluding hydrogens is 216 g/mol. The summed E-state index contributed by atoms with van der Waals surface area (Å²) < 4.78 is 5.32. The summed E-state index contributed by atoms with van der Waals surface area (Å²) in [5, 5.41) is 19.5. The van der Waals surface area contributed by atoms with Crippen molar-refractivity contribution >= 4 is 6.03 Å². The molecule has 0 radical (unpaired) electrons. The van der Waals surface area contributed by atoms with E-state index in [-0.39, 0.29) is 13.0 Å². The summed E-state index contributed by atoms with van der Waals surface area (Å²) in [6.45, 7) is -0.278. The third-order valence-corrected chi connectivity index (χ3v) is 2.54. The molecule has 0 spiro atoms. The molecule has 1 fully saturated rings. The Morgan fingerprint density at radius 1 is 1.62 bits per heavy atom. The highest BCUT2D eigenvalue weighted by atomic mass is 16.5. The molecule has 16 heavy (non-hydrogen) atoms. The molecule has 0 aromatic heterocycles. The first kappa shape index (κ1) is 11.1. The SMILES string of the molecule is NN1C=CN([C@H]2CC(O)[C@@H](CO)O2)C(=O)N1. The second-order valence-electron chi connectivity index (χ2n) is 3.64. The molecule has 2 aliphatic heterocycles. The van der Waals surface area contributed by atoms with E-state index in [2.05, 4.69) is 5.43 Å². The molecule has 3 atom stereocenters. The molecule has 1 unspecified atom stereocenters. The van der Waals surface area contributed by atoms with Crippen LogP contribution in [0.15, 0.2) is 12.4 Å². The van der Waals surface area contributed by atoms with Crippen LogP contribution in [0.4, 0.5) is 4.79 Å². The van der Waals surface area contributed by atoms with E-state index in [1.54, 1.807) is 0 Å². The number of hydrazine groups is 2. The Labute approximate surface area is 91.8 Å². The average molecular weight is 230 g/mol. The maximum atomic E-state index is 11.5. The molecule has 2 rings (SSSR count). The second-order valence-corrected chi connectivity index (χ2v) is 3.64. The molecular formula is C8H14N4O4. The molecule has 5 N–H and O–H groups in total. The van der Waals surface area contributed by atoms with Gasteiger partial charge in [-0.1, -0.05) is 0 Å². The van der Waals surface area contributed by atoms with Gasteiger partial charge in [-0.2, -0.15) is 0 Å². The maximum Gasteiger partial charge on any atom is 0.343 e. The lowest BCUT2D eigenvalue weighted by Crippen LogP contribution is -2.54. The van der Waals surface area contributed by atoms with Gasteiger partial charge in [0.25, 0.3) is 0 Å². The summed E-state index contributed by atoms with van der Waals surface area (Å²) >= 11 is 0. The largest absolute Gasteiger partial charge is 0.394 e. The first-order valence-corrected chi connectivity index (χ1v) is 4.87. The fraction of sp³-hybridized carbons (Fsp3) is 0.625. The number of nitrogens with one attached hydrogen (secondary N) is 1. The number of urea groups is 1. The van der Waals surface area contributed by atoms with Gasteiger partial charge in [-0.25, -0.2) is 21.2 Å². The molecule has 2 aliphatic rings. The van der Waals surface area contributed by atoms with Crippen molar-refractivity contribution in [2.45, 2.75) is 24.9 Å². The van der Waals surface area contributed by atoms with Gasteiger partial charge in [0.15, 0.2) is 0 Å². The Hall–Kier alpha value is -1.35. The van der Waals surface area contributed by atoms with Crippen molar-refractivity contribution in [2.24, 2.45) is 5.84 Å². The van der Waals surface area contributed by atoms with Crippen molar-refractivity contribution < 1.29 is 19.7 Å². The standard InChI is InChI=1S/C8H14N4O4/c9-12-2-1-11(8(15)10-12)7-3-5(14)6(4-13)16-7/h1-2,5-7,13-14H,3-4,9H2,(H,10,15)/t5?,6-,7-/m1/s1. The lowest BCUT2D eigenvalue weighted by Gasteiger charge is -2.31. The highest BCUT2D eigenvalue weighted by molar-refractivity contribution is 5.75. The van der Waals surface area contributed by atoms with Crippen LogP contribution in [-0.4, -0.2) is 51.3 Å². The van der Waals surface area contributed by atoms with Crippen molar-refractivity contribution in [1.29, 1.82) is 0 Å². The summed E-state index contributed by atoms with van der Waals surface area (Å²) in [4.78, 5) is 12.8. The zero-order valence-electron chi connectivity index (χ0n) is 8.48. The third-order valence-electron chi connectivity index (χ3n) is 2.54. The minimum absolute atomic E-state index is 0.257. The van der Waals surface area contributed by atoms with E-state index in [1.807, 2.05) is 0 Å². The zero-order chi connectivity index (χ0) is 11.7. The molecule has 8 heteroatoms. The summed E-state index contributed by atoms with van der Waals surface area (Å²) in [6.07, 6.45) is 1.15. The highest BCUT2D eigenvalue weighted by Gasteiger charge is 2.38. The number of nitrogens with two attached hydrogens (primary N) is 1. The second kappa shape index (κ2) is 4.26. The van der Waals surface area contributed by atoms with Gasteiger partial charge < -0.3 is 14.9 Å². The minimum Gasteiger partial charge on any atom is -0.394 e. The van der Waals surface area contributed by atoms with Gasteiger partial charge >= 0.3 is 6.03 Å². The number of amides is 2. The zero-order valence-corrected chi connectivity index (χ0v) is 8.48. The van der Waals surface area contributed by atoms with E-state index in [4.69, 9.17) is 15.7 Å². The Bertz CT molecular complexity index is 310. The summed E-state index contributed by atoms with van der Waals surface area (Å²) in [5.41, 5.74) is 2.34. The number of carbonyl (C=O) groups excluding carboxylic acids is 1. The fourth-order valence-electron chi connectivity index (χ4n) is 1.69. The van der Waals surface area contributed by atoms with Gasteiger partial charge in [-0.15, -0.1) is 0 Å². The van der Waals surface area contributed by atoms with Gasteiger partial charge in [0.1, 0.15) is 12.3 Å². The molecule has 1 saturated heterocycles. The van der Waals surface area contributed by atoms with Crippen LogP contribution in [0.25, 0.3) is 0 Å². The topological polar surface area (TPSA) is 111 Å². The maximum absolute atomic E-state index is 11.5. The van der Waals surface area contributed by atoms with Gasteiger partial charge in [-0.3, -0.25) is 4.90 Å². The van der Waals surface area contributed by atoms with Gasteiger partial charge in [-0.05, 0) is 0 Å². The molecule has 0 aromatic carbocycles. The average Bonchev–Trinajstić information content (AvgIpc) is 2.59. The quantitative estimate of drug-likeness (QED) is 0.410. The Kier molecular flexibility index (Phi) is 2.97. The molecule has 2 amide bonds. The van der Waals surface area contributed by atoms with Crippen LogP contribution in [0.1, 0.15) is 6.42 Å². The van der Waals surface area contributed by atoms with E-state index in [0.717, 1.165) is 5.12 Å².